The van der Waals surface area contributed by atoms with Crippen LogP contribution in [-0.2, 0) is 13.0 Å². The van der Waals surface area contributed by atoms with E-state index in [4.69, 9.17) is 16.3 Å². The molecule has 0 unspecified atom stereocenters. The van der Waals surface area contributed by atoms with E-state index in [-0.39, 0.29) is 5.60 Å². The summed E-state index contributed by atoms with van der Waals surface area (Å²) in [7, 11) is 0. The van der Waals surface area contributed by atoms with Crippen molar-refractivity contribution in [2.45, 2.75) is 39.3 Å². The second-order valence-corrected chi connectivity index (χ2v) is 6.72. The first-order valence-corrected chi connectivity index (χ1v) is 7.62. The summed E-state index contributed by atoms with van der Waals surface area (Å²) in [4.78, 5) is 0. The minimum absolute atomic E-state index is 0.0886. The van der Waals surface area contributed by atoms with Crippen molar-refractivity contribution < 1.29 is 4.74 Å². The predicted molar refractivity (Wildman–Crippen MR) is 88.4 cm³/mol. The topological polar surface area (TPSA) is 21.3 Å². The third kappa shape index (κ3) is 3.16. The summed E-state index contributed by atoms with van der Waals surface area (Å²) in [5, 5.41) is 4.16. The number of hydrogen-bond donors (Lipinski definition) is 1. The second-order valence-electron chi connectivity index (χ2n) is 6.32. The van der Waals surface area contributed by atoms with Crippen LogP contribution in [0.25, 0.3) is 0 Å². The molecule has 2 aromatic carbocycles. The van der Waals surface area contributed by atoms with Crippen LogP contribution in [0, 0.1) is 6.92 Å². The van der Waals surface area contributed by atoms with E-state index in [1.54, 1.807) is 0 Å². The Morgan fingerprint density at radius 1 is 1.19 bits per heavy atom. The standard InChI is InChI=1S/C18H20ClNO/c1-12-4-6-16(15(19)8-12)20-11-13-5-7-17-14(9-13)10-18(2,3)21-17/h4-9,20H,10-11H2,1-3H3. The van der Waals surface area contributed by atoms with E-state index in [1.807, 2.05) is 19.1 Å². The summed E-state index contributed by atoms with van der Waals surface area (Å²) in [6.45, 7) is 7.04. The van der Waals surface area contributed by atoms with Crippen LogP contribution in [0.5, 0.6) is 5.75 Å². The molecule has 0 spiro atoms. The molecule has 0 aromatic heterocycles. The van der Waals surface area contributed by atoms with Gasteiger partial charge in [-0.15, -0.1) is 0 Å². The molecule has 21 heavy (non-hydrogen) atoms. The number of ether oxygens (including phenoxy) is 1. The molecule has 110 valence electrons. The molecular formula is C18H20ClNO. The van der Waals surface area contributed by atoms with E-state index in [0.717, 1.165) is 29.4 Å². The van der Waals surface area contributed by atoms with E-state index < -0.39 is 0 Å². The Labute approximate surface area is 131 Å². The average Bonchev–Trinajstić information content (AvgIpc) is 2.70. The third-order valence-corrected chi connectivity index (χ3v) is 4.05. The van der Waals surface area contributed by atoms with Crippen LogP contribution in [-0.4, -0.2) is 5.60 Å². The van der Waals surface area contributed by atoms with Crippen molar-refractivity contribution in [2.75, 3.05) is 5.32 Å². The number of hydrogen-bond acceptors (Lipinski definition) is 2. The van der Waals surface area contributed by atoms with Crippen LogP contribution in [0.15, 0.2) is 36.4 Å². The van der Waals surface area contributed by atoms with Gasteiger partial charge in [0, 0.05) is 13.0 Å². The fourth-order valence-electron chi connectivity index (χ4n) is 2.73. The number of halogens is 1. The van der Waals surface area contributed by atoms with Crippen LogP contribution in [0.3, 0.4) is 0 Å². The Bertz CT molecular complexity index is 679. The number of aryl methyl sites for hydroxylation is 1. The highest BCUT2D eigenvalue weighted by atomic mass is 35.5. The molecule has 0 saturated carbocycles. The zero-order chi connectivity index (χ0) is 15.0. The van der Waals surface area contributed by atoms with Crippen LogP contribution in [0.1, 0.15) is 30.5 Å². The average molecular weight is 302 g/mol. The molecule has 1 aliphatic rings. The summed E-state index contributed by atoms with van der Waals surface area (Å²) < 4.78 is 5.90. The maximum Gasteiger partial charge on any atom is 0.123 e. The Balaban J connectivity index is 1.72. The maximum absolute atomic E-state index is 6.24. The number of nitrogens with one attached hydrogen (secondary N) is 1. The SMILES string of the molecule is Cc1ccc(NCc2ccc3c(c2)CC(C)(C)O3)c(Cl)c1. The van der Waals surface area contributed by atoms with Crippen LogP contribution < -0.4 is 10.1 Å². The Hall–Kier alpha value is -1.67. The van der Waals surface area contributed by atoms with Crippen molar-refractivity contribution in [1.82, 2.24) is 0 Å². The molecular weight excluding hydrogens is 282 g/mol. The first kappa shape index (κ1) is 14.3. The molecule has 0 bridgehead atoms. The lowest BCUT2D eigenvalue weighted by molar-refractivity contribution is 0.138. The molecule has 0 atom stereocenters. The van der Waals surface area contributed by atoms with Crippen molar-refractivity contribution in [3.63, 3.8) is 0 Å². The monoisotopic (exact) mass is 301 g/mol. The Morgan fingerprint density at radius 2 is 2.00 bits per heavy atom. The second kappa shape index (κ2) is 5.27. The van der Waals surface area contributed by atoms with Crippen molar-refractivity contribution in [3.8, 4) is 5.75 Å². The van der Waals surface area contributed by atoms with Gasteiger partial charge in [0.2, 0.25) is 0 Å². The van der Waals surface area contributed by atoms with Gasteiger partial charge >= 0.3 is 0 Å². The highest BCUT2D eigenvalue weighted by Gasteiger charge is 2.29. The fraction of sp³-hybridized carbons (Fsp3) is 0.333. The zero-order valence-electron chi connectivity index (χ0n) is 12.7. The zero-order valence-corrected chi connectivity index (χ0v) is 13.4. The summed E-state index contributed by atoms with van der Waals surface area (Å²) in [6.07, 6.45) is 0.960. The number of rotatable bonds is 3. The molecule has 2 aromatic rings. The smallest absolute Gasteiger partial charge is 0.123 e. The summed E-state index contributed by atoms with van der Waals surface area (Å²) in [5.41, 5.74) is 4.58. The quantitative estimate of drug-likeness (QED) is 0.864. The van der Waals surface area contributed by atoms with E-state index in [0.29, 0.717) is 0 Å². The van der Waals surface area contributed by atoms with Crippen molar-refractivity contribution in [2.24, 2.45) is 0 Å². The van der Waals surface area contributed by atoms with Crippen molar-refractivity contribution >= 4 is 17.3 Å². The van der Waals surface area contributed by atoms with Gasteiger partial charge in [-0.1, -0.05) is 29.8 Å². The van der Waals surface area contributed by atoms with Gasteiger partial charge in [0.25, 0.3) is 0 Å². The Kier molecular flexibility index (Phi) is 3.58. The summed E-state index contributed by atoms with van der Waals surface area (Å²) >= 11 is 6.24. The van der Waals surface area contributed by atoms with Crippen molar-refractivity contribution in [1.29, 1.82) is 0 Å². The van der Waals surface area contributed by atoms with E-state index in [9.17, 15) is 0 Å². The number of benzene rings is 2. The van der Waals surface area contributed by atoms with Crippen LogP contribution in [0.4, 0.5) is 5.69 Å². The minimum atomic E-state index is -0.0886. The van der Waals surface area contributed by atoms with E-state index >= 15 is 0 Å². The van der Waals surface area contributed by atoms with Crippen molar-refractivity contribution in [3.05, 3.63) is 58.1 Å². The highest BCUT2D eigenvalue weighted by molar-refractivity contribution is 6.33. The van der Waals surface area contributed by atoms with E-state index in [1.165, 1.54) is 16.7 Å². The van der Waals surface area contributed by atoms with Gasteiger partial charge in [0.15, 0.2) is 0 Å². The van der Waals surface area contributed by atoms with Crippen LogP contribution >= 0.6 is 11.6 Å². The van der Waals surface area contributed by atoms with Gasteiger partial charge in [0.1, 0.15) is 11.4 Å². The summed E-state index contributed by atoms with van der Waals surface area (Å²) in [5.74, 6) is 1.01. The normalized spacial score (nSPS) is 15.4. The predicted octanol–water partition coefficient (Wildman–Crippen LogP) is 4.97. The molecule has 2 nitrogen and oxygen atoms in total. The molecule has 0 radical (unpaired) electrons. The van der Waals surface area contributed by atoms with Gasteiger partial charge < -0.3 is 10.1 Å². The molecule has 1 aliphatic heterocycles. The lowest BCUT2D eigenvalue weighted by atomic mass is 10.0. The molecule has 3 rings (SSSR count). The fourth-order valence-corrected chi connectivity index (χ4v) is 3.04. The summed E-state index contributed by atoms with van der Waals surface area (Å²) in [6, 6.07) is 12.5. The first-order valence-electron chi connectivity index (χ1n) is 7.24. The number of fused-ring (bicyclic) bond motifs is 1. The minimum Gasteiger partial charge on any atom is -0.487 e. The van der Waals surface area contributed by atoms with Crippen LogP contribution in [0.2, 0.25) is 5.02 Å². The first-order chi connectivity index (χ1) is 9.93. The molecule has 0 aliphatic carbocycles. The van der Waals surface area contributed by atoms with Gasteiger partial charge in [-0.25, -0.2) is 0 Å². The largest absolute Gasteiger partial charge is 0.487 e. The molecule has 0 amide bonds. The van der Waals surface area contributed by atoms with Gasteiger partial charge in [0.05, 0.1) is 10.7 Å². The molecule has 0 saturated heterocycles. The number of anilines is 1. The lowest BCUT2D eigenvalue weighted by Gasteiger charge is -2.16. The molecule has 1 N–H and O–H groups in total. The highest BCUT2D eigenvalue weighted by Crippen LogP contribution is 2.35. The van der Waals surface area contributed by atoms with Gasteiger partial charge in [-0.05, 0) is 55.7 Å². The van der Waals surface area contributed by atoms with Gasteiger partial charge in [-0.3, -0.25) is 0 Å². The molecule has 1 heterocycles. The lowest BCUT2D eigenvalue weighted by Crippen LogP contribution is -2.24. The van der Waals surface area contributed by atoms with E-state index in [2.05, 4.69) is 43.4 Å². The molecule has 0 fully saturated rings. The third-order valence-electron chi connectivity index (χ3n) is 3.73. The van der Waals surface area contributed by atoms with Gasteiger partial charge in [-0.2, -0.15) is 0 Å². The molecule has 3 heteroatoms. The maximum atomic E-state index is 6.24. The Morgan fingerprint density at radius 3 is 2.76 bits per heavy atom.